The highest BCUT2D eigenvalue weighted by Crippen LogP contribution is 2.19. The molecule has 0 radical (unpaired) electrons. The molecule has 122 valence electrons. The molecule has 22 heavy (non-hydrogen) atoms. The number of rotatable bonds is 7. The zero-order chi connectivity index (χ0) is 15.8. The number of aliphatic hydroxyl groups excluding tert-OH is 1. The zero-order valence-electron chi connectivity index (χ0n) is 13.6. The third-order valence-corrected chi connectivity index (χ3v) is 4.50. The minimum absolute atomic E-state index is 0.191. The van der Waals surface area contributed by atoms with E-state index in [2.05, 4.69) is 17.0 Å². The van der Waals surface area contributed by atoms with Crippen LogP contribution in [-0.4, -0.2) is 53.1 Å². The average molecular weight is 304 g/mol. The second-order valence-corrected chi connectivity index (χ2v) is 6.03. The maximum atomic E-state index is 12.6. The summed E-state index contributed by atoms with van der Waals surface area (Å²) in [5.74, 6) is 0.191. The molecule has 0 saturated carbocycles. The number of likely N-dealkylation sites (tertiary alicyclic amines) is 1. The van der Waals surface area contributed by atoms with Crippen molar-refractivity contribution in [2.75, 3.05) is 26.2 Å². The molecule has 1 aliphatic rings. The van der Waals surface area contributed by atoms with Crippen LogP contribution in [0.1, 0.15) is 38.2 Å². The summed E-state index contributed by atoms with van der Waals surface area (Å²) < 4.78 is 0. The molecular weight excluding hydrogens is 276 g/mol. The first-order valence-corrected chi connectivity index (χ1v) is 8.41. The van der Waals surface area contributed by atoms with Gasteiger partial charge in [-0.2, -0.15) is 0 Å². The normalized spacial score (nSPS) is 19.1. The highest BCUT2D eigenvalue weighted by atomic mass is 16.3. The lowest BCUT2D eigenvalue weighted by Crippen LogP contribution is -2.46. The van der Waals surface area contributed by atoms with Gasteiger partial charge >= 0.3 is 0 Å². The number of carbonyl (C=O) groups excluding carboxylic acids is 1. The number of piperidine rings is 1. The Labute approximate surface area is 133 Å². The Morgan fingerprint density at radius 2 is 2.09 bits per heavy atom. The fraction of sp³-hybridized carbons (Fsp3) is 0.611. The lowest BCUT2D eigenvalue weighted by molar-refractivity contribution is -0.133. The Hall–Kier alpha value is -1.39. The SMILES string of the molecule is CCN(Cc1ccccc1)C(=O)CN1CCCCC1CCO. The minimum atomic E-state index is 0.191. The summed E-state index contributed by atoms with van der Waals surface area (Å²) in [6.07, 6.45) is 4.23. The van der Waals surface area contributed by atoms with E-state index in [0.29, 0.717) is 19.1 Å². The number of hydrogen-bond acceptors (Lipinski definition) is 3. The van der Waals surface area contributed by atoms with Crippen LogP contribution in [0.2, 0.25) is 0 Å². The number of aliphatic hydroxyl groups is 1. The smallest absolute Gasteiger partial charge is 0.237 e. The van der Waals surface area contributed by atoms with E-state index < -0.39 is 0 Å². The second kappa shape index (κ2) is 8.91. The Bertz CT molecular complexity index is 448. The van der Waals surface area contributed by atoms with Crippen LogP contribution in [0.3, 0.4) is 0 Å². The van der Waals surface area contributed by atoms with Gasteiger partial charge in [0.25, 0.3) is 0 Å². The van der Waals surface area contributed by atoms with Gasteiger partial charge in [-0.05, 0) is 38.3 Å². The molecule has 0 bridgehead atoms. The molecule has 4 heteroatoms. The number of likely N-dealkylation sites (N-methyl/N-ethyl adjacent to an activating group) is 1. The van der Waals surface area contributed by atoms with Gasteiger partial charge in [-0.15, -0.1) is 0 Å². The third kappa shape index (κ3) is 4.82. The summed E-state index contributed by atoms with van der Waals surface area (Å²) in [5.41, 5.74) is 1.17. The van der Waals surface area contributed by atoms with Crippen molar-refractivity contribution in [2.24, 2.45) is 0 Å². The summed E-state index contributed by atoms with van der Waals surface area (Å²) >= 11 is 0. The van der Waals surface area contributed by atoms with E-state index in [1.54, 1.807) is 0 Å². The van der Waals surface area contributed by atoms with Gasteiger partial charge in [0.05, 0.1) is 6.54 Å². The molecule has 1 unspecified atom stereocenters. The molecule has 1 aliphatic heterocycles. The standard InChI is InChI=1S/C18H28N2O2/c1-2-19(14-16-8-4-3-5-9-16)18(22)15-20-12-7-6-10-17(20)11-13-21/h3-5,8-9,17,21H,2,6-7,10-15H2,1H3. The summed E-state index contributed by atoms with van der Waals surface area (Å²) in [7, 11) is 0. The molecule has 1 aromatic carbocycles. The van der Waals surface area contributed by atoms with Gasteiger partial charge < -0.3 is 10.0 Å². The number of amides is 1. The molecule has 1 heterocycles. The summed E-state index contributed by atoms with van der Waals surface area (Å²) in [6, 6.07) is 10.5. The van der Waals surface area contributed by atoms with E-state index in [1.807, 2.05) is 30.0 Å². The van der Waals surface area contributed by atoms with Crippen molar-refractivity contribution in [1.82, 2.24) is 9.80 Å². The predicted molar refractivity (Wildman–Crippen MR) is 88.4 cm³/mol. The molecule has 0 aromatic heterocycles. The van der Waals surface area contributed by atoms with Gasteiger partial charge in [0.1, 0.15) is 0 Å². The van der Waals surface area contributed by atoms with Crippen molar-refractivity contribution in [3.05, 3.63) is 35.9 Å². The highest BCUT2D eigenvalue weighted by molar-refractivity contribution is 5.78. The van der Waals surface area contributed by atoms with Crippen molar-refractivity contribution >= 4 is 5.91 Å². The molecule has 1 amide bonds. The van der Waals surface area contributed by atoms with Crippen LogP contribution in [-0.2, 0) is 11.3 Å². The highest BCUT2D eigenvalue weighted by Gasteiger charge is 2.25. The molecule has 1 aromatic rings. The number of benzene rings is 1. The first-order chi connectivity index (χ1) is 10.7. The van der Waals surface area contributed by atoms with E-state index in [-0.39, 0.29) is 12.5 Å². The number of hydrogen-bond donors (Lipinski definition) is 1. The van der Waals surface area contributed by atoms with Crippen molar-refractivity contribution in [2.45, 2.75) is 45.2 Å². The van der Waals surface area contributed by atoms with Crippen LogP contribution in [0.15, 0.2) is 30.3 Å². The third-order valence-electron chi connectivity index (χ3n) is 4.50. The summed E-state index contributed by atoms with van der Waals surface area (Å²) in [6.45, 7) is 5.09. The van der Waals surface area contributed by atoms with Gasteiger partial charge in [-0.25, -0.2) is 0 Å². The van der Waals surface area contributed by atoms with E-state index in [9.17, 15) is 9.90 Å². The fourth-order valence-corrected chi connectivity index (χ4v) is 3.20. The quantitative estimate of drug-likeness (QED) is 0.840. The number of nitrogens with zero attached hydrogens (tertiary/aromatic N) is 2. The molecule has 1 fully saturated rings. The molecular formula is C18H28N2O2. The van der Waals surface area contributed by atoms with E-state index >= 15 is 0 Å². The van der Waals surface area contributed by atoms with Crippen molar-refractivity contribution in [3.8, 4) is 0 Å². The number of carbonyl (C=O) groups is 1. The predicted octanol–water partition coefficient (Wildman–Crippen LogP) is 2.27. The van der Waals surface area contributed by atoms with Gasteiger partial charge in [0.15, 0.2) is 0 Å². The van der Waals surface area contributed by atoms with Gasteiger partial charge in [-0.1, -0.05) is 36.8 Å². The lowest BCUT2D eigenvalue weighted by Gasteiger charge is -2.36. The monoisotopic (exact) mass is 304 g/mol. The Balaban J connectivity index is 1.93. The van der Waals surface area contributed by atoms with Crippen LogP contribution in [0.5, 0.6) is 0 Å². The van der Waals surface area contributed by atoms with Crippen LogP contribution in [0.25, 0.3) is 0 Å². The molecule has 4 nitrogen and oxygen atoms in total. The Morgan fingerprint density at radius 1 is 1.32 bits per heavy atom. The maximum absolute atomic E-state index is 12.6. The minimum Gasteiger partial charge on any atom is -0.396 e. The van der Waals surface area contributed by atoms with Crippen LogP contribution in [0.4, 0.5) is 0 Å². The van der Waals surface area contributed by atoms with Crippen molar-refractivity contribution in [1.29, 1.82) is 0 Å². The van der Waals surface area contributed by atoms with Crippen molar-refractivity contribution < 1.29 is 9.90 Å². The molecule has 1 atom stereocenters. The first kappa shape index (κ1) is 17.0. The Kier molecular flexibility index (Phi) is 6.87. The second-order valence-electron chi connectivity index (χ2n) is 6.03. The molecule has 0 spiro atoms. The molecule has 0 aliphatic carbocycles. The van der Waals surface area contributed by atoms with E-state index in [1.165, 1.54) is 12.0 Å². The van der Waals surface area contributed by atoms with Crippen LogP contribution >= 0.6 is 0 Å². The molecule has 1 saturated heterocycles. The zero-order valence-corrected chi connectivity index (χ0v) is 13.6. The summed E-state index contributed by atoms with van der Waals surface area (Å²) in [4.78, 5) is 16.8. The lowest BCUT2D eigenvalue weighted by atomic mass is 9.99. The van der Waals surface area contributed by atoms with Crippen molar-refractivity contribution in [3.63, 3.8) is 0 Å². The van der Waals surface area contributed by atoms with Gasteiger partial charge in [0.2, 0.25) is 5.91 Å². The average Bonchev–Trinajstić information content (AvgIpc) is 2.55. The maximum Gasteiger partial charge on any atom is 0.237 e. The Morgan fingerprint density at radius 3 is 2.77 bits per heavy atom. The van der Waals surface area contributed by atoms with Gasteiger partial charge in [-0.3, -0.25) is 9.69 Å². The van der Waals surface area contributed by atoms with E-state index in [4.69, 9.17) is 0 Å². The largest absolute Gasteiger partial charge is 0.396 e. The fourth-order valence-electron chi connectivity index (χ4n) is 3.20. The molecule has 2 rings (SSSR count). The first-order valence-electron chi connectivity index (χ1n) is 8.41. The summed E-state index contributed by atoms with van der Waals surface area (Å²) in [5, 5.41) is 9.20. The molecule has 1 N–H and O–H groups in total. The topological polar surface area (TPSA) is 43.8 Å². The van der Waals surface area contributed by atoms with Gasteiger partial charge in [0, 0.05) is 25.7 Å². The van der Waals surface area contributed by atoms with Crippen LogP contribution in [0, 0.1) is 0 Å². The van der Waals surface area contributed by atoms with Crippen LogP contribution < -0.4 is 0 Å². The van der Waals surface area contributed by atoms with E-state index in [0.717, 1.165) is 32.4 Å².